The summed E-state index contributed by atoms with van der Waals surface area (Å²) in [6, 6.07) is 6.44. The second-order valence-corrected chi connectivity index (χ2v) is 3.73. The van der Waals surface area contributed by atoms with Gasteiger partial charge in [0.05, 0.1) is 28.7 Å². The van der Waals surface area contributed by atoms with Gasteiger partial charge in [-0.1, -0.05) is 11.6 Å². The van der Waals surface area contributed by atoms with Crippen molar-refractivity contribution in [2.75, 3.05) is 11.1 Å². The summed E-state index contributed by atoms with van der Waals surface area (Å²) in [6.45, 7) is 0. The number of benzene rings is 1. The molecule has 0 aliphatic rings. The zero-order valence-electron chi connectivity index (χ0n) is 8.72. The first-order valence-corrected chi connectivity index (χ1v) is 5.17. The number of hydrogen-bond donors (Lipinski definition) is 2. The van der Waals surface area contributed by atoms with Gasteiger partial charge in [-0.3, -0.25) is 4.79 Å². The minimum Gasteiger partial charge on any atom is -0.399 e. The quantitative estimate of drug-likeness (QED) is 0.796. The van der Waals surface area contributed by atoms with Gasteiger partial charge in [0, 0.05) is 5.69 Å². The normalized spacial score (nSPS) is 9.94. The van der Waals surface area contributed by atoms with Gasteiger partial charge >= 0.3 is 0 Å². The third kappa shape index (κ3) is 2.70. The number of nitrogens with zero attached hydrogens (tertiary/aromatic N) is 2. The molecule has 1 aromatic heterocycles. The molecule has 86 valence electrons. The lowest BCUT2D eigenvalue weighted by Crippen LogP contribution is -2.12. The van der Waals surface area contributed by atoms with E-state index in [4.69, 9.17) is 17.3 Å². The van der Waals surface area contributed by atoms with Crippen LogP contribution in [-0.2, 0) is 0 Å². The molecule has 6 heteroatoms. The molecule has 3 N–H and O–H groups in total. The molecule has 0 radical (unpaired) electrons. The lowest BCUT2D eigenvalue weighted by molar-refractivity contribution is 0.102. The molecule has 0 aliphatic carbocycles. The lowest BCUT2D eigenvalue weighted by Gasteiger charge is -2.07. The molecule has 0 unspecified atom stereocenters. The van der Waals surface area contributed by atoms with Crippen molar-refractivity contribution in [1.29, 1.82) is 0 Å². The molecule has 1 heterocycles. The molecule has 2 aromatic rings. The standard InChI is InChI=1S/C11H9ClN4O/c12-9-5-8(13)1-2-10(9)16-11(17)7-3-4-14-15-6-7/h1-6H,13H2,(H,16,17). The van der Waals surface area contributed by atoms with E-state index in [1.807, 2.05) is 0 Å². The van der Waals surface area contributed by atoms with Crippen molar-refractivity contribution >= 4 is 28.9 Å². The van der Waals surface area contributed by atoms with Gasteiger partial charge in [-0.25, -0.2) is 0 Å². The Hall–Kier alpha value is -2.14. The zero-order valence-corrected chi connectivity index (χ0v) is 9.48. The van der Waals surface area contributed by atoms with Crippen LogP contribution < -0.4 is 11.1 Å². The molecular formula is C11H9ClN4O. The number of aromatic nitrogens is 2. The smallest absolute Gasteiger partial charge is 0.257 e. The van der Waals surface area contributed by atoms with E-state index in [0.29, 0.717) is 22.0 Å². The monoisotopic (exact) mass is 248 g/mol. The highest BCUT2D eigenvalue weighted by Gasteiger charge is 2.08. The van der Waals surface area contributed by atoms with Crippen molar-refractivity contribution < 1.29 is 4.79 Å². The van der Waals surface area contributed by atoms with Crippen LogP contribution in [0.3, 0.4) is 0 Å². The van der Waals surface area contributed by atoms with E-state index in [1.54, 1.807) is 24.3 Å². The number of anilines is 2. The zero-order chi connectivity index (χ0) is 12.3. The first kappa shape index (κ1) is 11.3. The molecular weight excluding hydrogens is 240 g/mol. The number of carbonyl (C=O) groups is 1. The minimum absolute atomic E-state index is 0.299. The molecule has 0 saturated heterocycles. The fourth-order valence-electron chi connectivity index (χ4n) is 1.25. The highest BCUT2D eigenvalue weighted by molar-refractivity contribution is 6.34. The first-order chi connectivity index (χ1) is 8.16. The molecule has 1 aromatic carbocycles. The van der Waals surface area contributed by atoms with Crippen LogP contribution in [0.25, 0.3) is 0 Å². The Morgan fingerprint density at radius 2 is 2.12 bits per heavy atom. The van der Waals surface area contributed by atoms with E-state index >= 15 is 0 Å². The van der Waals surface area contributed by atoms with Crippen LogP contribution >= 0.6 is 11.6 Å². The Kier molecular flexibility index (Phi) is 3.20. The van der Waals surface area contributed by atoms with E-state index in [1.165, 1.54) is 12.4 Å². The fraction of sp³-hybridized carbons (Fsp3) is 0. The molecule has 0 saturated carbocycles. The predicted molar refractivity (Wildman–Crippen MR) is 65.8 cm³/mol. The Morgan fingerprint density at radius 1 is 1.29 bits per heavy atom. The average Bonchev–Trinajstić information content (AvgIpc) is 2.34. The molecule has 0 bridgehead atoms. The summed E-state index contributed by atoms with van der Waals surface area (Å²) < 4.78 is 0. The van der Waals surface area contributed by atoms with Crippen LogP contribution in [0.4, 0.5) is 11.4 Å². The van der Waals surface area contributed by atoms with Crippen molar-refractivity contribution in [3.8, 4) is 0 Å². The van der Waals surface area contributed by atoms with E-state index in [9.17, 15) is 4.79 Å². The highest BCUT2D eigenvalue weighted by Crippen LogP contribution is 2.24. The average molecular weight is 249 g/mol. The molecule has 1 amide bonds. The first-order valence-electron chi connectivity index (χ1n) is 4.80. The molecule has 5 nitrogen and oxygen atoms in total. The van der Waals surface area contributed by atoms with Gasteiger partial charge in [0.15, 0.2) is 0 Å². The van der Waals surface area contributed by atoms with E-state index < -0.39 is 0 Å². The van der Waals surface area contributed by atoms with Gasteiger partial charge in [0.2, 0.25) is 0 Å². The molecule has 0 aliphatic heterocycles. The second-order valence-electron chi connectivity index (χ2n) is 3.32. The fourth-order valence-corrected chi connectivity index (χ4v) is 1.49. The molecule has 17 heavy (non-hydrogen) atoms. The number of amides is 1. The van der Waals surface area contributed by atoms with Crippen LogP contribution in [0.1, 0.15) is 10.4 Å². The van der Waals surface area contributed by atoms with Crippen LogP contribution in [0.5, 0.6) is 0 Å². The van der Waals surface area contributed by atoms with Crippen LogP contribution in [-0.4, -0.2) is 16.1 Å². The minimum atomic E-state index is -0.299. The molecule has 0 fully saturated rings. The Morgan fingerprint density at radius 3 is 2.76 bits per heavy atom. The van der Waals surface area contributed by atoms with E-state index in [-0.39, 0.29) is 5.91 Å². The van der Waals surface area contributed by atoms with Crippen LogP contribution in [0.2, 0.25) is 5.02 Å². The maximum atomic E-state index is 11.8. The number of hydrogen-bond acceptors (Lipinski definition) is 4. The summed E-state index contributed by atoms with van der Waals surface area (Å²) in [4.78, 5) is 11.8. The van der Waals surface area contributed by atoms with Gasteiger partial charge < -0.3 is 11.1 Å². The summed E-state index contributed by atoms with van der Waals surface area (Å²) in [5.74, 6) is -0.299. The molecule has 0 spiro atoms. The van der Waals surface area contributed by atoms with Crippen molar-refractivity contribution in [2.45, 2.75) is 0 Å². The van der Waals surface area contributed by atoms with Crippen molar-refractivity contribution in [3.05, 3.63) is 47.2 Å². The molecule has 2 rings (SSSR count). The third-order valence-corrected chi connectivity index (χ3v) is 2.40. The maximum absolute atomic E-state index is 11.8. The number of carbonyl (C=O) groups excluding carboxylic acids is 1. The predicted octanol–water partition coefficient (Wildman–Crippen LogP) is 1.96. The van der Waals surface area contributed by atoms with Gasteiger partial charge in [0.25, 0.3) is 5.91 Å². The molecule has 0 atom stereocenters. The summed E-state index contributed by atoms with van der Waals surface area (Å²) in [5, 5.41) is 10.3. The van der Waals surface area contributed by atoms with E-state index in [0.717, 1.165) is 0 Å². The lowest BCUT2D eigenvalue weighted by atomic mass is 10.2. The summed E-state index contributed by atoms with van der Waals surface area (Å²) >= 11 is 5.94. The number of nitrogens with two attached hydrogens (primary N) is 1. The van der Waals surface area contributed by atoms with Crippen LogP contribution in [0.15, 0.2) is 36.7 Å². The summed E-state index contributed by atoms with van der Waals surface area (Å²) in [6.07, 6.45) is 2.82. The second kappa shape index (κ2) is 4.80. The SMILES string of the molecule is Nc1ccc(NC(=O)c2ccnnc2)c(Cl)c1. The van der Waals surface area contributed by atoms with Crippen molar-refractivity contribution in [3.63, 3.8) is 0 Å². The Labute approximate surface area is 103 Å². The van der Waals surface area contributed by atoms with E-state index in [2.05, 4.69) is 15.5 Å². The maximum Gasteiger partial charge on any atom is 0.257 e. The highest BCUT2D eigenvalue weighted by atomic mass is 35.5. The number of nitrogen functional groups attached to an aromatic ring is 1. The van der Waals surface area contributed by atoms with Crippen molar-refractivity contribution in [1.82, 2.24) is 10.2 Å². The number of rotatable bonds is 2. The Balaban J connectivity index is 2.19. The summed E-state index contributed by atoms with van der Waals surface area (Å²) in [7, 11) is 0. The summed E-state index contributed by atoms with van der Waals surface area (Å²) in [5.41, 5.74) is 7.01. The van der Waals surface area contributed by atoms with Gasteiger partial charge in [-0.2, -0.15) is 10.2 Å². The van der Waals surface area contributed by atoms with Crippen molar-refractivity contribution in [2.24, 2.45) is 0 Å². The van der Waals surface area contributed by atoms with Gasteiger partial charge in [-0.15, -0.1) is 0 Å². The topological polar surface area (TPSA) is 80.9 Å². The largest absolute Gasteiger partial charge is 0.399 e. The van der Waals surface area contributed by atoms with Gasteiger partial charge in [-0.05, 0) is 24.3 Å². The number of halogens is 1. The van der Waals surface area contributed by atoms with Gasteiger partial charge in [0.1, 0.15) is 0 Å². The van der Waals surface area contributed by atoms with Crippen LogP contribution in [0, 0.1) is 0 Å². The third-order valence-electron chi connectivity index (χ3n) is 2.09. The Bertz CT molecular complexity index is 544. The number of nitrogens with one attached hydrogen (secondary N) is 1.